The van der Waals surface area contributed by atoms with Gasteiger partial charge in [-0.25, -0.2) is 9.59 Å². The van der Waals surface area contributed by atoms with Crippen molar-refractivity contribution in [1.29, 1.82) is 0 Å². The molecule has 1 aromatic carbocycles. The first-order valence-corrected chi connectivity index (χ1v) is 6.93. The fraction of sp³-hybridized carbons (Fsp3) is 0.467. The molecule has 6 nitrogen and oxygen atoms in total. The highest BCUT2D eigenvalue weighted by Gasteiger charge is 2.07. The summed E-state index contributed by atoms with van der Waals surface area (Å²) in [6.45, 7) is 4.13. The summed E-state index contributed by atoms with van der Waals surface area (Å²) in [5, 5.41) is 11.6. The predicted molar refractivity (Wildman–Crippen MR) is 79.6 cm³/mol. The van der Waals surface area contributed by atoms with Gasteiger partial charge in [-0.3, -0.25) is 0 Å². The summed E-state index contributed by atoms with van der Waals surface area (Å²) < 4.78 is 5.19. The number of rotatable bonds is 8. The molecule has 1 rings (SSSR count). The highest BCUT2D eigenvalue weighted by Crippen LogP contribution is 2.04. The average molecular weight is 294 g/mol. The molecule has 2 N–H and O–H groups in total. The number of hydrogen-bond acceptors (Lipinski definition) is 3. The standard InChI is InChI=1S/C15H22N2O4/c1-3-21-11-10-17(2)15(20)16-9-8-12-4-6-13(7-5-12)14(18)19/h4-7H,3,8-11H2,1-2H3,(H,16,20)(H,18,19). The number of nitrogens with one attached hydrogen (secondary N) is 1. The zero-order chi connectivity index (χ0) is 15.7. The van der Waals surface area contributed by atoms with Crippen LogP contribution < -0.4 is 5.32 Å². The molecule has 0 unspecified atom stereocenters. The summed E-state index contributed by atoms with van der Waals surface area (Å²) in [6, 6.07) is 6.50. The van der Waals surface area contributed by atoms with E-state index in [4.69, 9.17) is 9.84 Å². The third-order valence-electron chi connectivity index (χ3n) is 3.01. The molecule has 0 aliphatic rings. The molecule has 0 aliphatic carbocycles. The molecule has 6 heteroatoms. The van der Waals surface area contributed by atoms with Crippen LogP contribution in [0.4, 0.5) is 4.79 Å². The maximum Gasteiger partial charge on any atom is 0.335 e. The Morgan fingerprint density at radius 2 is 1.95 bits per heavy atom. The minimum atomic E-state index is -0.939. The molecule has 0 heterocycles. The van der Waals surface area contributed by atoms with E-state index in [2.05, 4.69) is 5.32 Å². The largest absolute Gasteiger partial charge is 0.478 e. The number of urea groups is 1. The Bertz CT molecular complexity index is 459. The Hall–Kier alpha value is -2.08. The second-order valence-electron chi connectivity index (χ2n) is 4.60. The molecule has 0 fully saturated rings. The maximum atomic E-state index is 11.8. The van der Waals surface area contributed by atoms with Crippen molar-refractivity contribution in [2.75, 3.05) is 33.4 Å². The van der Waals surface area contributed by atoms with Gasteiger partial charge in [-0.1, -0.05) is 12.1 Å². The second-order valence-corrected chi connectivity index (χ2v) is 4.60. The lowest BCUT2D eigenvalue weighted by molar-refractivity contribution is 0.0697. The highest BCUT2D eigenvalue weighted by atomic mass is 16.5. The summed E-state index contributed by atoms with van der Waals surface area (Å²) in [7, 11) is 1.72. The van der Waals surface area contributed by atoms with Gasteiger partial charge in [-0.15, -0.1) is 0 Å². The lowest BCUT2D eigenvalue weighted by Crippen LogP contribution is -2.39. The summed E-state index contributed by atoms with van der Waals surface area (Å²) >= 11 is 0. The first-order chi connectivity index (χ1) is 10.0. The van der Waals surface area contributed by atoms with Gasteiger partial charge in [0.2, 0.25) is 0 Å². The van der Waals surface area contributed by atoms with Crippen molar-refractivity contribution < 1.29 is 19.4 Å². The molecule has 0 radical (unpaired) electrons. The fourth-order valence-electron chi connectivity index (χ4n) is 1.71. The van der Waals surface area contributed by atoms with E-state index in [1.54, 1.807) is 36.2 Å². The van der Waals surface area contributed by atoms with Crippen LogP contribution in [0.3, 0.4) is 0 Å². The lowest BCUT2D eigenvalue weighted by Gasteiger charge is -2.17. The molecule has 0 aliphatic heterocycles. The Morgan fingerprint density at radius 1 is 1.29 bits per heavy atom. The number of carboxylic acids is 1. The molecule has 0 bridgehead atoms. The minimum absolute atomic E-state index is 0.142. The normalized spacial score (nSPS) is 10.2. The molecule has 21 heavy (non-hydrogen) atoms. The SMILES string of the molecule is CCOCCN(C)C(=O)NCCc1ccc(C(=O)O)cc1. The number of carboxylic acid groups (broad SMARTS) is 1. The van der Waals surface area contributed by atoms with Crippen molar-refractivity contribution >= 4 is 12.0 Å². The highest BCUT2D eigenvalue weighted by molar-refractivity contribution is 5.87. The van der Waals surface area contributed by atoms with Crippen LogP contribution >= 0.6 is 0 Å². The summed E-state index contributed by atoms with van der Waals surface area (Å²) in [4.78, 5) is 24.1. The lowest BCUT2D eigenvalue weighted by atomic mass is 10.1. The molecule has 0 saturated carbocycles. The van der Waals surface area contributed by atoms with E-state index < -0.39 is 5.97 Å². The van der Waals surface area contributed by atoms with E-state index in [0.717, 1.165) is 5.56 Å². The van der Waals surface area contributed by atoms with Crippen LogP contribution in [-0.4, -0.2) is 55.4 Å². The van der Waals surface area contributed by atoms with Gasteiger partial charge in [-0.2, -0.15) is 0 Å². The van der Waals surface area contributed by atoms with Gasteiger partial charge in [0, 0.05) is 26.7 Å². The number of aromatic carboxylic acids is 1. The molecule has 2 amide bonds. The van der Waals surface area contributed by atoms with Crippen LogP contribution in [0.1, 0.15) is 22.8 Å². The molecule has 0 saturated heterocycles. The molecular weight excluding hydrogens is 272 g/mol. The predicted octanol–water partition coefficient (Wildman–Crippen LogP) is 1.61. The molecule has 1 aromatic rings. The van der Waals surface area contributed by atoms with Crippen LogP contribution in [0.25, 0.3) is 0 Å². The number of carbonyl (C=O) groups excluding carboxylic acids is 1. The van der Waals surface area contributed by atoms with Crippen LogP contribution in [-0.2, 0) is 11.2 Å². The van der Waals surface area contributed by atoms with Crippen LogP contribution in [0.15, 0.2) is 24.3 Å². The van der Waals surface area contributed by atoms with Crippen LogP contribution in [0, 0.1) is 0 Å². The van der Waals surface area contributed by atoms with Crippen molar-refractivity contribution in [3.05, 3.63) is 35.4 Å². The fourth-order valence-corrected chi connectivity index (χ4v) is 1.71. The van der Waals surface area contributed by atoms with Gasteiger partial charge >= 0.3 is 12.0 Å². The van der Waals surface area contributed by atoms with Gasteiger partial charge in [0.15, 0.2) is 0 Å². The monoisotopic (exact) mass is 294 g/mol. The van der Waals surface area contributed by atoms with E-state index in [-0.39, 0.29) is 11.6 Å². The Kier molecular flexibility index (Phi) is 7.25. The van der Waals surface area contributed by atoms with Gasteiger partial charge < -0.3 is 20.1 Å². The molecule has 0 aromatic heterocycles. The van der Waals surface area contributed by atoms with E-state index in [0.29, 0.717) is 32.7 Å². The van der Waals surface area contributed by atoms with Gasteiger partial charge in [0.1, 0.15) is 0 Å². The Balaban J connectivity index is 2.29. The first-order valence-electron chi connectivity index (χ1n) is 6.93. The number of carbonyl (C=O) groups is 2. The maximum absolute atomic E-state index is 11.8. The molecule has 0 atom stereocenters. The zero-order valence-electron chi connectivity index (χ0n) is 12.5. The average Bonchev–Trinajstić information content (AvgIpc) is 2.47. The minimum Gasteiger partial charge on any atom is -0.478 e. The van der Waals surface area contributed by atoms with Crippen LogP contribution in [0.2, 0.25) is 0 Å². The van der Waals surface area contributed by atoms with Crippen LogP contribution in [0.5, 0.6) is 0 Å². The summed E-state index contributed by atoms with van der Waals surface area (Å²) in [5.74, 6) is -0.939. The summed E-state index contributed by atoms with van der Waals surface area (Å²) in [5.41, 5.74) is 1.25. The topological polar surface area (TPSA) is 78.9 Å². The third kappa shape index (κ3) is 6.27. The smallest absolute Gasteiger partial charge is 0.335 e. The summed E-state index contributed by atoms with van der Waals surface area (Å²) in [6.07, 6.45) is 0.658. The number of amides is 2. The Labute approximate surface area is 124 Å². The van der Waals surface area contributed by atoms with Crippen molar-refractivity contribution in [2.45, 2.75) is 13.3 Å². The third-order valence-corrected chi connectivity index (χ3v) is 3.01. The van der Waals surface area contributed by atoms with Crippen molar-refractivity contribution in [1.82, 2.24) is 10.2 Å². The number of likely N-dealkylation sites (N-methyl/N-ethyl adjacent to an activating group) is 1. The van der Waals surface area contributed by atoms with E-state index >= 15 is 0 Å². The number of nitrogens with zero attached hydrogens (tertiary/aromatic N) is 1. The molecule has 116 valence electrons. The zero-order valence-corrected chi connectivity index (χ0v) is 12.5. The van der Waals surface area contributed by atoms with E-state index in [1.807, 2.05) is 6.92 Å². The number of ether oxygens (including phenoxy) is 1. The van der Waals surface area contributed by atoms with Crippen molar-refractivity contribution in [3.63, 3.8) is 0 Å². The van der Waals surface area contributed by atoms with Gasteiger partial charge in [0.25, 0.3) is 0 Å². The number of benzene rings is 1. The molecular formula is C15H22N2O4. The first kappa shape index (κ1) is 17.0. The van der Waals surface area contributed by atoms with E-state index in [9.17, 15) is 9.59 Å². The number of hydrogen-bond donors (Lipinski definition) is 2. The van der Waals surface area contributed by atoms with E-state index in [1.165, 1.54) is 0 Å². The Morgan fingerprint density at radius 3 is 2.52 bits per heavy atom. The quantitative estimate of drug-likeness (QED) is 0.714. The second kappa shape index (κ2) is 8.97. The van der Waals surface area contributed by atoms with Gasteiger partial charge in [0.05, 0.1) is 12.2 Å². The van der Waals surface area contributed by atoms with Crippen molar-refractivity contribution in [2.24, 2.45) is 0 Å². The van der Waals surface area contributed by atoms with Crippen molar-refractivity contribution in [3.8, 4) is 0 Å². The molecule has 0 spiro atoms. The van der Waals surface area contributed by atoms with Gasteiger partial charge in [-0.05, 0) is 31.0 Å².